The Balaban J connectivity index is 1.83. The van der Waals surface area contributed by atoms with Gasteiger partial charge in [0.05, 0.1) is 0 Å². The Morgan fingerprint density at radius 2 is 2.25 bits per heavy atom. The van der Waals surface area contributed by atoms with E-state index in [4.69, 9.17) is 5.73 Å². The van der Waals surface area contributed by atoms with Crippen LogP contribution >= 0.6 is 0 Å². The van der Waals surface area contributed by atoms with Crippen LogP contribution in [0.3, 0.4) is 0 Å². The molecule has 0 atom stereocenters. The second kappa shape index (κ2) is 5.87. The van der Waals surface area contributed by atoms with E-state index in [1.807, 2.05) is 0 Å². The van der Waals surface area contributed by atoms with Crippen molar-refractivity contribution in [1.29, 1.82) is 0 Å². The van der Waals surface area contributed by atoms with E-state index >= 15 is 0 Å². The van der Waals surface area contributed by atoms with Gasteiger partial charge in [0.15, 0.2) is 0 Å². The maximum absolute atomic E-state index is 5.46. The molecule has 1 aromatic rings. The number of fused-ring (bicyclic) bond motifs is 1. The topological polar surface area (TPSA) is 50.1 Å². The van der Waals surface area contributed by atoms with Crippen molar-refractivity contribution >= 4 is 5.69 Å². The summed E-state index contributed by atoms with van der Waals surface area (Å²) in [5, 5.41) is 6.93. The number of benzene rings is 1. The molecule has 1 aliphatic rings. The van der Waals surface area contributed by atoms with Crippen LogP contribution in [-0.2, 0) is 13.0 Å². The highest BCUT2D eigenvalue weighted by molar-refractivity contribution is 5.61. The quantitative estimate of drug-likeness (QED) is 0.635. The normalized spacial score (nSPS) is 13.6. The Labute approximate surface area is 97.4 Å². The number of anilines is 1. The summed E-state index contributed by atoms with van der Waals surface area (Å²) in [4.78, 5) is 0. The van der Waals surface area contributed by atoms with Crippen LogP contribution in [0.2, 0.25) is 0 Å². The average molecular weight is 219 g/mol. The van der Waals surface area contributed by atoms with Gasteiger partial charge in [-0.15, -0.1) is 0 Å². The molecule has 88 valence electrons. The zero-order chi connectivity index (χ0) is 11.2. The fourth-order valence-electron chi connectivity index (χ4n) is 2.18. The van der Waals surface area contributed by atoms with E-state index in [-0.39, 0.29) is 0 Å². The smallest absolute Gasteiger partial charge is 0.0419 e. The van der Waals surface area contributed by atoms with Gasteiger partial charge in [-0.25, -0.2) is 0 Å². The molecule has 0 spiro atoms. The molecule has 3 heteroatoms. The molecule has 1 aromatic carbocycles. The van der Waals surface area contributed by atoms with Gasteiger partial charge in [-0.2, -0.15) is 0 Å². The van der Waals surface area contributed by atoms with Crippen molar-refractivity contribution in [3.8, 4) is 0 Å². The van der Waals surface area contributed by atoms with Gasteiger partial charge in [0.2, 0.25) is 0 Å². The maximum Gasteiger partial charge on any atom is 0.0419 e. The number of nitrogens with two attached hydrogens (primary N) is 1. The van der Waals surface area contributed by atoms with Crippen molar-refractivity contribution in [2.75, 3.05) is 25.0 Å². The van der Waals surface area contributed by atoms with Gasteiger partial charge in [0, 0.05) is 18.8 Å². The molecule has 2 rings (SSSR count). The Bertz CT molecular complexity index is 336. The first kappa shape index (κ1) is 11.4. The summed E-state index contributed by atoms with van der Waals surface area (Å²) in [5.74, 6) is 0. The third-order valence-corrected chi connectivity index (χ3v) is 3.06. The van der Waals surface area contributed by atoms with E-state index in [2.05, 4.69) is 28.8 Å². The lowest BCUT2D eigenvalue weighted by atomic mass is 10.1. The summed E-state index contributed by atoms with van der Waals surface area (Å²) in [7, 11) is 0. The molecule has 0 amide bonds. The molecule has 3 nitrogen and oxygen atoms in total. The van der Waals surface area contributed by atoms with Gasteiger partial charge >= 0.3 is 0 Å². The minimum Gasteiger partial charge on any atom is -0.384 e. The number of hydrogen-bond donors (Lipinski definition) is 3. The van der Waals surface area contributed by atoms with Crippen molar-refractivity contribution in [2.45, 2.75) is 25.8 Å². The summed E-state index contributed by atoms with van der Waals surface area (Å²) in [6.45, 7) is 3.89. The van der Waals surface area contributed by atoms with Gasteiger partial charge in [0.25, 0.3) is 0 Å². The van der Waals surface area contributed by atoms with Crippen molar-refractivity contribution in [3.05, 3.63) is 29.3 Å². The minimum atomic E-state index is 0.796. The van der Waals surface area contributed by atoms with E-state index < -0.39 is 0 Å². The number of hydrogen-bond acceptors (Lipinski definition) is 3. The third kappa shape index (κ3) is 2.74. The standard InChI is InChI=1S/C13H21N3/c14-7-1-2-8-15-10-12-5-3-4-11-6-9-16-13(11)12/h3-5,15-16H,1-2,6-10,14H2. The highest BCUT2D eigenvalue weighted by Gasteiger charge is 2.12. The maximum atomic E-state index is 5.46. The van der Waals surface area contributed by atoms with E-state index in [0.717, 1.165) is 39.0 Å². The van der Waals surface area contributed by atoms with Crippen LogP contribution < -0.4 is 16.4 Å². The molecule has 1 aliphatic heterocycles. The van der Waals surface area contributed by atoms with E-state index in [0.29, 0.717) is 0 Å². The van der Waals surface area contributed by atoms with Crippen LogP contribution in [0, 0.1) is 0 Å². The predicted octanol–water partition coefficient (Wildman–Crippen LogP) is 1.48. The van der Waals surface area contributed by atoms with Crippen molar-refractivity contribution < 1.29 is 0 Å². The number of rotatable bonds is 6. The summed E-state index contributed by atoms with van der Waals surface area (Å²) < 4.78 is 0. The van der Waals surface area contributed by atoms with E-state index in [9.17, 15) is 0 Å². The van der Waals surface area contributed by atoms with Crippen LogP contribution in [0.1, 0.15) is 24.0 Å². The second-order valence-corrected chi connectivity index (χ2v) is 4.30. The summed E-state index contributed by atoms with van der Waals surface area (Å²) in [5.41, 5.74) is 9.66. The molecule has 0 fully saturated rings. The van der Waals surface area contributed by atoms with Crippen molar-refractivity contribution in [2.24, 2.45) is 5.73 Å². The molecular formula is C13H21N3. The first-order valence-corrected chi connectivity index (χ1v) is 6.17. The van der Waals surface area contributed by atoms with Crippen LogP contribution in [-0.4, -0.2) is 19.6 Å². The third-order valence-electron chi connectivity index (χ3n) is 3.06. The summed E-state index contributed by atoms with van der Waals surface area (Å²) in [6, 6.07) is 6.57. The van der Waals surface area contributed by atoms with Crippen LogP contribution in [0.15, 0.2) is 18.2 Å². The minimum absolute atomic E-state index is 0.796. The molecule has 16 heavy (non-hydrogen) atoms. The Morgan fingerprint density at radius 3 is 3.12 bits per heavy atom. The van der Waals surface area contributed by atoms with Crippen LogP contribution in [0.25, 0.3) is 0 Å². The summed E-state index contributed by atoms with van der Waals surface area (Å²) >= 11 is 0. The van der Waals surface area contributed by atoms with Crippen LogP contribution in [0.5, 0.6) is 0 Å². The number of unbranched alkanes of at least 4 members (excludes halogenated alkanes) is 1. The first-order valence-electron chi connectivity index (χ1n) is 6.17. The molecule has 4 N–H and O–H groups in total. The molecule has 0 unspecified atom stereocenters. The Kier molecular flexibility index (Phi) is 4.19. The number of para-hydroxylation sites is 1. The molecule has 0 saturated heterocycles. The van der Waals surface area contributed by atoms with Gasteiger partial charge in [-0.3, -0.25) is 0 Å². The van der Waals surface area contributed by atoms with Gasteiger partial charge in [-0.05, 0) is 43.5 Å². The molecular weight excluding hydrogens is 198 g/mol. The fourth-order valence-corrected chi connectivity index (χ4v) is 2.18. The molecule has 0 aromatic heterocycles. The number of nitrogens with one attached hydrogen (secondary N) is 2. The van der Waals surface area contributed by atoms with Crippen LogP contribution in [0.4, 0.5) is 5.69 Å². The Hall–Kier alpha value is -1.06. The lowest BCUT2D eigenvalue weighted by Crippen LogP contribution is -2.16. The van der Waals surface area contributed by atoms with Gasteiger partial charge in [-0.1, -0.05) is 18.2 Å². The van der Waals surface area contributed by atoms with Crippen molar-refractivity contribution in [3.63, 3.8) is 0 Å². The van der Waals surface area contributed by atoms with Crippen molar-refractivity contribution in [1.82, 2.24) is 5.32 Å². The highest BCUT2D eigenvalue weighted by Crippen LogP contribution is 2.25. The summed E-state index contributed by atoms with van der Waals surface area (Å²) in [6.07, 6.45) is 3.44. The van der Waals surface area contributed by atoms with Gasteiger partial charge in [0.1, 0.15) is 0 Å². The van der Waals surface area contributed by atoms with E-state index in [1.165, 1.54) is 23.2 Å². The zero-order valence-electron chi connectivity index (χ0n) is 9.76. The lowest BCUT2D eigenvalue weighted by Gasteiger charge is -2.09. The molecule has 1 heterocycles. The highest BCUT2D eigenvalue weighted by atomic mass is 14.9. The molecule has 0 bridgehead atoms. The average Bonchev–Trinajstić information content (AvgIpc) is 2.77. The largest absolute Gasteiger partial charge is 0.384 e. The molecule has 0 aliphatic carbocycles. The monoisotopic (exact) mass is 219 g/mol. The molecule has 0 radical (unpaired) electrons. The second-order valence-electron chi connectivity index (χ2n) is 4.30. The lowest BCUT2D eigenvalue weighted by molar-refractivity contribution is 0.628. The predicted molar refractivity (Wildman–Crippen MR) is 68.6 cm³/mol. The Morgan fingerprint density at radius 1 is 1.31 bits per heavy atom. The molecule has 0 saturated carbocycles. The zero-order valence-corrected chi connectivity index (χ0v) is 9.76. The van der Waals surface area contributed by atoms with E-state index in [1.54, 1.807) is 0 Å². The van der Waals surface area contributed by atoms with Gasteiger partial charge < -0.3 is 16.4 Å². The SMILES string of the molecule is NCCCCNCc1cccc2c1NCC2. The first-order chi connectivity index (χ1) is 7.92. The fraction of sp³-hybridized carbons (Fsp3) is 0.538.